The second kappa shape index (κ2) is 6.51. The van der Waals surface area contributed by atoms with Crippen molar-refractivity contribution in [3.8, 4) is 0 Å². The van der Waals surface area contributed by atoms with E-state index in [0.717, 1.165) is 6.07 Å². The van der Waals surface area contributed by atoms with Crippen LogP contribution in [-0.2, 0) is 10.9 Å². The highest BCUT2D eigenvalue weighted by Crippen LogP contribution is 2.36. The number of hydrogen-bond donors (Lipinski definition) is 1. The maximum Gasteiger partial charge on any atom is 0.428 e. The van der Waals surface area contributed by atoms with Crippen molar-refractivity contribution in [1.82, 2.24) is 15.3 Å². The first-order valence-electron chi connectivity index (χ1n) is 7.81. The number of piperazine rings is 1. The Hall–Kier alpha value is -2.36. The molecule has 2 aliphatic rings. The SMILES string of the molecule is CC1OC(=O)NN=C1c1cnc(N2CCN(C)CC2)c(C(F)(F)F)c1. The molecule has 10 heteroatoms. The van der Waals surface area contributed by atoms with Crippen molar-refractivity contribution in [2.75, 3.05) is 38.1 Å². The largest absolute Gasteiger partial charge is 0.439 e. The smallest absolute Gasteiger partial charge is 0.428 e. The minimum Gasteiger partial charge on any atom is -0.439 e. The Bertz CT molecular complexity index is 699. The van der Waals surface area contributed by atoms with Gasteiger partial charge in [-0.1, -0.05) is 0 Å². The molecule has 1 aromatic heterocycles. The van der Waals surface area contributed by atoms with E-state index in [1.54, 1.807) is 11.8 Å². The summed E-state index contributed by atoms with van der Waals surface area (Å²) in [6.45, 7) is 3.83. The van der Waals surface area contributed by atoms with Gasteiger partial charge in [0.2, 0.25) is 0 Å². The fraction of sp³-hybridized carbons (Fsp3) is 0.533. The summed E-state index contributed by atoms with van der Waals surface area (Å²) in [6, 6.07) is 1.01. The third-order valence-corrected chi connectivity index (χ3v) is 4.21. The van der Waals surface area contributed by atoms with Crippen molar-refractivity contribution in [3.63, 3.8) is 0 Å². The number of carbonyl (C=O) groups is 1. The number of ether oxygens (including phenoxy) is 1. The maximum absolute atomic E-state index is 13.6. The molecule has 1 fully saturated rings. The molecule has 2 aliphatic heterocycles. The zero-order valence-corrected chi connectivity index (χ0v) is 13.8. The van der Waals surface area contributed by atoms with Crippen LogP contribution in [0.3, 0.4) is 0 Å². The number of aromatic nitrogens is 1. The lowest BCUT2D eigenvalue weighted by molar-refractivity contribution is -0.137. The highest BCUT2D eigenvalue weighted by Gasteiger charge is 2.37. The molecule has 1 unspecified atom stereocenters. The monoisotopic (exact) mass is 357 g/mol. The molecular formula is C15H18F3N5O2. The van der Waals surface area contributed by atoms with Gasteiger partial charge in [-0.05, 0) is 20.0 Å². The number of carbonyl (C=O) groups excluding carboxylic acids is 1. The second-order valence-electron chi connectivity index (χ2n) is 6.04. The fourth-order valence-corrected chi connectivity index (χ4v) is 2.82. The second-order valence-corrected chi connectivity index (χ2v) is 6.04. The standard InChI is InChI=1S/C15H18F3N5O2/c1-9-12(20-21-14(24)25-9)10-7-11(15(16,17)18)13(19-8-10)23-5-3-22(2)4-6-23/h7-9H,3-6H2,1-2H3,(H,21,24). The van der Waals surface area contributed by atoms with Gasteiger partial charge in [-0.3, -0.25) is 0 Å². The Morgan fingerprint density at radius 3 is 2.56 bits per heavy atom. The molecule has 3 heterocycles. The Labute approximate surface area is 142 Å². The zero-order chi connectivity index (χ0) is 18.2. The van der Waals surface area contributed by atoms with E-state index in [-0.39, 0.29) is 17.1 Å². The van der Waals surface area contributed by atoms with Crippen LogP contribution in [0, 0.1) is 0 Å². The van der Waals surface area contributed by atoms with Crippen LogP contribution in [0.4, 0.5) is 23.8 Å². The summed E-state index contributed by atoms with van der Waals surface area (Å²) in [4.78, 5) is 18.9. The minimum atomic E-state index is -4.55. The van der Waals surface area contributed by atoms with Gasteiger partial charge in [0.15, 0.2) is 0 Å². The van der Waals surface area contributed by atoms with E-state index in [1.165, 1.54) is 6.20 Å². The lowest BCUT2D eigenvalue weighted by Gasteiger charge is -2.34. The Morgan fingerprint density at radius 2 is 1.96 bits per heavy atom. The zero-order valence-electron chi connectivity index (χ0n) is 13.8. The number of nitrogens with zero attached hydrogens (tertiary/aromatic N) is 4. The van der Waals surface area contributed by atoms with Crippen LogP contribution < -0.4 is 10.3 Å². The highest BCUT2D eigenvalue weighted by atomic mass is 19.4. The topological polar surface area (TPSA) is 70.1 Å². The van der Waals surface area contributed by atoms with Crippen LogP contribution in [-0.4, -0.2) is 61.0 Å². The maximum atomic E-state index is 13.6. The number of nitrogens with one attached hydrogen (secondary N) is 1. The van der Waals surface area contributed by atoms with E-state index in [4.69, 9.17) is 4.74 Å². The Balaban J connectivity index is 1.97. The molecule has 1 N–H and O–H groups in total. The Kier molecular flexibility index (Phi) is 4.55. The predicted octanol–water partition coefficient (Wildman–Crippen LogP) is 1.68. The van der Waals surface area contributed by atoms with Gasteiger partial charge >= 0.3 is 12.3 Å². The van der Waals surface area contributed by atoms with Crippen molar-refractivity contribution in [3.05, 3.63) is 23.4 Å². The number of alkyl halides is 3. The number of anilines is 1. The van der Waals surface area contributed by atoms with E-state index in [2.05, 4.69) is 20.4 Å². The average molecular weight is 357 g/mol. The van der Waals surface area contributed by atoms with Crippen LogP contribution in [0.5, 0.6) is 0 Å². The van der Waals surface area contributed by atoms with Crippen molar-refractivity contribution in [2.24, 2.45) is 5.10 Å². The van der Waals surface area contributed by atoms with Crippen molar-refractivity contribution in [1.29, 1.82) is 0 Å². The van der Waals surface area contributed by atoms with Gasteiger partial charge in [-0.2, -0.15) is 18.3 Å². The first-order chi connectivity index (χ1) is 11.8. The van der Waals surface area contributed by atoms with Crippen molar-refractivity contribution < 1.29 is 22.7 Å². The molecule has 1 atom stereocenters. The molecule has 1 aromatic rings. The van der Waals surface area contributed by atoms with Crippen LogP contribution in [0.25, 0.3) is 0 Å². The molecule has 0 bridgehead atoms. The van der Waals surface area contributed by atoms with Gasteiger partial charge < -0.3 is 14.5 Å². The van der Waals surface area contributed by atoms with Gasteiger partial charge in [-0.15, -0.1) is 0 Å². The molecule has 25 heavy (non-hydrogen) atoms. The molecule has 1 saturated heterocycles. The summed E-state index contributed by atoms with van der Waals surface area (Å²) in [5.41, 5.74) is 1.65. The number of amides is 1. The molecule has 0 spiro atoms. The lowest BCUT2D eigenvalue weighted by atomic mass is 10.0. The van der Waals surface area contributed by atoms with Crippen LogP contribution in [0.2, 0.25) is 0 Å². The number of hydrogen-bond acceptors (Lipinski definition) is 6. The summed E-state index contributed by atoms with van der Waals surface area (Å²) >= 11 is 0. The Morgan fingerprint density at radius 1 is 1.28 bits per heavy atom. The first-order valence-corrected chi connectivity index (χ1v) is 7.81. The summed E-state index contributed by atoms with van der Waals surface area (Å²) < 4.78 is 45.6. The predicted molar refractivity (Wildman–Crippen MR) is 84.6 cm³/mol. The van der Waals surface area contributed by atoms with E-state index >= 15 is 0 Å². The van der Waals surface area contributed by atoms with Gasteiger partial charge in [0.05, 0.1) is 5.56 Å². The normalized spacial score (nSPS) is 22.3. The van der Waals surface area contributed by atoms with Gasteiger partial charge in [0.1, 0.15) is 17.6 Å². The molecule has 3 rings (SSSR count). The molecule has 0 aliphatic carbocycles. The first kappa shape index (κ1) is 17.5. The molecule has 7 nitrogen and oxygen atoms in total. The number of likely N-dealkylation sites (N-methyl/N-ethyl adjacent to an activating group) is 1. The summed E-state index contributed by atoms with van der Waals surface area (Å²) in [5.74, 6) is -0.0848. The number of hydrazone groups is 1. The molecule has 0 aromatic carbocycles. The van der Waals surface area contributed by atoms with Gasteiger partial charge in [0, 0.05) is 37.9 Å². The van der Waals surface area contributed by atoms with E-state index in [1.807, 2.05) is 7.05 Å². The van der Waals surface area contributed by atoms with Crippen LogP contribution in [0.1, 0.15) is 18.1 Å². The van der Waals surface area contributed by atoms with E-state index in [9.17, 15) is 18.0 Å². The average Bonchev–Trinajstić information content (AvgIpc) is 2.54. The molecular weight excluding hydrogens is 339 g/mol. The third kappa shape index (κ3) is 3.68. The number of pyridine rings is 1. The minimum absolute atomic E-state index is 0.0848. The highest BCUT2D eigenvalue weighted by molar-refractivity contribution is 6.05. The van der Waals surface area contributed by atoms with Gasteiger partial charge in [0.25, 0.3) is 0 Å². The lowest BCUT2D eigenvalue weighted by Crippen LogP contribution is -2.45. The van der Waals surface area contributed by atoms with Crippen molar-refractivity contribution >= 4 is 17.6 Å². The quantitative estimate of drug-likeness (QED) is 0.872. The molecule has 1 amide bonds. The van der Waals surface area contributed by atoms with E-state index < -0.39 is 23.9 Å². The number of halogens is 3. The third-order valence-electron chi connectivity index (χ3n) is 4.21. The van der Waals surface area contributed by atoms with Crippen molar-refractivity contribution in [2.45, 2.75) is 19.2 Å². The van der Waals surface area contributed by atoms with E-state index in [0.29, 0.717) is 26.2 Å². The molecule has 136 valence electrons. The number of rotatable bonds is 2. The summed E-state index contributed by atoms with van der Waals surface area (Å²) in [6.07, 6.45) is -4.72. The summed E-state index contributed by atoms with van der Waals surface area (Å²) in [7, 11) is 1.93. The fourth-order valence-electron chi connectivity index (χ4n) is 2.82. The molecule has 0 saturated carbocycles. The van der Waals surface area contributed by atoms with Crippen LogP contribution >= 0.6 is 0 Å². The van der Waals surface area contributed by atoms with Crippen LogP contribution in [0.15, 0.2) is 17.4 Å². The summed E-state index contributed by atoms with van der Waals surface area (Å²) in [5, 5.41) is 3.80. The molecule has 0 radical (unpaired) electrons. The number of cyclic esters (lactones) is 1. The van der Waals surface area contributed by atoms with Gasteiger partial charge in [-0.25, -0.2) is 15.2 Å².